The molecule has 1 atom stereocenters. The molecule has 102 valence electrons. The first kappa shape index (κ1) is 13.6. The van der Waals surface area contributed by atoms with Crippen LogP contribution in [0.25, 0.3) is 0 Å². The van der Waals surface area contributed by atoms with Gasteiger partial charge in [0.15, 0.2) is 0 Å². The molecule has 19 heavy (non-hydrogen) atoms. The fourth-order valence-corrected chi connectivity index (χ4v) is 2.08. The van der Waals surface area contributed by atoms with Crippen LogP contribution in [0.1, 0.15) is 17.5 Å². The SMILES string of the molecule is COc1ccc(CCC(O)Cc2cnn(C)c2)cc1. The number of nitrogens with zero attached hydrogens (tertiary/aromatic N) is 2. The van der Waals surface area contributed by atoms with Gasteiger partial charge in [-0.25, -0.2) is 0 Å². The van der Waals surface area contributed by atoms with Crippen LogP contribution in [0.4, 0.5) is 0 Å². The van der Waals surface area contributed by atoms with E-state index in [4.69, 9.17) is 4.74 Å². The third-order valence-corrected chi connectivity index (χ3v) is 3.15. The maximum Gasteiger partial charge on any atom is 0.118 e. The van der Waals surface area contributed by atoms with E-state index >= 15 is 0 Å². The Morgan fingerprint density at radius 1 is 1.26 bits per heavy atom. The van der Waals surface area contributed by atoms with Gasteiger partial charge in [0, 0.05) is 19.7 Å². The molecule has 1 N–H and O–H groups in total. The number of aliphatic hydroxyl groups is 1. The number of benzene rings is 1. The van der Waals surface area contributed by atoms with Gasteiger partial charge in [0.05, 0.1) is 19.4 Å². The minimum Gasteiger partial charge on any atom is -0.497 e. The number of rotatable bonds is 6. The maximum absolute atomic E-state index is 10.0. The van der Waals surface area contributed by atoms with Gasteiger partial charge in [-0.05, 0) is 36.1 Å². The molecule has 4 heteroatoms. The molecule has 0 saturated carbocycles. The normalized spacial score (nSPS) is 12.4. The highest BCUT2D eigenvalue weighted by atomic mass is 16.5. The first-order chi connectivity index (χ1) is 9.17. The van der Waals surface area contributed by atoms with Crippen LogP contribution in [0.3, 0.4) is 0 Å². The molecule has 0 bridgehead atoms. The highest BCUT2D eigenvalue weighted by Gasteiger charge is 2.07. The van der Waals surface area contributed by atoms with Gasteiger partial charge in [0.25, 0.3) is 0 Å². The summed E-state index contributed by atoms with van der Waals surface area (Å²) >= 11 is 0. The summed E-state index contributed by atoms with van der Waals surface area (Å²) in [5, 5.41) is 14.1. The monoisotopic (exact) mass is 260 g/mol. The Labute approximate surface area is 113 Å². The van der Waals surface area contributed by atoms with Gasteiger partial charge in [-0.2, -0.15) is 5.10 Å². The average molecular weight is 260 g/mol. The van der Waals surface area contributed by atoms with E-state index in [1.165, 1.54) is 5.56 Å². The van der Waals surface area contributed by atoms with E-state index in [9.17, 15) is 5.11 Å². The van der Waals surface area contributed by atoms with Crippen LogP contribution in [0.5, 0.6) is 5.75 Å². The fourth-order valence-electron chi connectivity index (χ4n) is 2.08. The van der Waals surface area contributed by atoms with Gasteiger partial charge in [0.2, 0.25) is 0 Å². The van der Waals surface area contributed by atoms with Crippen molar-refractivity contribution in [3.05, 3.63) is 47.8 Å². The number of ether oxygens (including phenoxy) is 1. The number of methoxy groups -OCH3 is 1. The van der Waals surface area contributed by atoms with Gasteiger partial charge in [-0.1, -0.05) is 12.1 Å². The molecule has 0 radical (unpaired) electrons. The van der Waals surface area contributed by atoms with Gasteiger partial charge in [-0.15, -0.1) is 0 Å². The second-order valence-corrected chi connectivity index (χ2v) is 4.77. The van der Waals surface area contributed by atoms with Crippen molar-refractivity contribution in [2.24, 2.45) is 7.05 Å². The van der Waals surface area contributed by atoms with Crippen molar-refractivity contribution >= 4 is 0 Å². The summed E-state index contributed by atoms with van der Waals surface area (Å²) in [4.78, 5) is 0. The van der Waals surface area contributed by atoms with Crippen molar-refractivity contribution < 1.29 is 9.84 Å². The fraction of sp³-hybridized carbons (Fsp3) is 0.400. The molecule has 0 aliphatic carbocycles. The molecule has 1 aromatic carbocycles. The molecule has 1 heterocycles. The summed E-state index contributed by atoms with van der Waals surface area (Å²) in [5.41, 5.74) is 2.29. The summed E-state index contributed by atoms with van der Waals surface area (Å²) < 4.78 is 6.87. The summed E-state index contributed by atoms with van der Waals surface area (Å²) in [6.45, 7) is 0. The highest BCUT2D eigenvalue weighted by Crippen LogP contribution is 2.14. The Morgan fingerprint density at radius 2 is 2.00 bits per heavy atom. The lowest BCUT2D eigenvalue weighted by atomic mass is 10.0. The second-order valence-electron chi connectivity index (χ2n) is 4.77. The zero-order valence-electron chi connectivity index (χ0n) is 11.4. The lowest BCUT2D eigenvalue weighted by molar-refractivity contribution is 0.165. The highest BCUT2D eigenvalue weighted by molar-refractivity contribution is 5.27. The average Bonchev–Trinajstić information content (AvgIpc) is 2.82. The standard InChI is InChI=1S/C15H20N2O2/c1-17-11-13(10-16-17)9-14(18)6-3-12-4-7-15(19-2)8-5-12/h4-5,7-8,10-11,14,18H,3,6,9H2,1-2H3. The lowest BCUT2D eigenvalue weighted by Crippen LogP contribution is -2.11. The second kappa shape index (κ2) is 6.38. The number of hydrogen-bond donors (Lipinski definition) is 1. The number of aromatic nitrogens is 2. The zero-order valence-corrected chi connectivity index (χ0v) is 11.4. The van der Waals surface area contributed by atoms with Crippen LogP contribution in [0, 0.1) is 0 Å². The van der Waals surface area contributed by atoms with Crippen LogP contribution in [0.2, 0.25) is 0 Å². The van der Waals surface area contributed by atoms with Crippen LogP contribution in [0.15, 0.2) is 36.7 Å². The summed E-state index contributed by atoms with van der Waals surface area (Å²) in [7, 11) is 3.54. The molecule has 0 aliphatic rings. The van der Waals surface area contributed by atoms with Crippen LogP contribution in [-0.4, -0.2) is 28.1 Å². The van der Waals surface area contributed by atoms with Crippen LogP contribution >= 0.6 is 0 Å². The first-order valence-electron chi connectivity index (χ1n) is 6.46. The van der Waals surface area contributed by atoms with Crippen molar-refractivity contribution in [2.45, 2.75) is 25.4 Å². The molecule has 0 fully saturated rings. The van der Waals surface area contributed by atoms with Gasteiger partial charge < -0.3 is 9.84 Å². The van der Waals surface area contributed by atoms with E-state index < -0.39 is 0 Å². The molecule has 0 amide bonds. The molecular formula is C15H20N2O2. The van der Waals surface area contributed by atoms with E-state index in [2.05, 4.69) is 5.10 Å². The van der Waals surface area contributed by atoms with Crippen LogP contribution in [-0.2, 0) is 19.9 Å². The van der Waals surface area contributed by atoms with Gasteiger partial charge in [-0.3, -0.25) is 4.68 Å². The topological polar surface area (TPSA) is 47.3 Å². The van der Waals surface area contributed by atoms with E-state index in [0.717, 1.165) is 24.2 Å². The summed E-state index contributed by atoms with van der Waals surface area (Å²) in [6.07, 6.45) is 5.69. The third kappa shape index (κ3) is 4.10. The molecule has 0 saturated heterocycles. The smallest absolute Gasteiger partial charge is 0.118 e. The third-order valence-electron chi connectivity index (χ3n) is 3.15. The number of aliphatic hydroxyl groups excluding tert-OH is 1. The number of hydrogen-bond acceptors (Lipinski definition) is 3. The van der Waals surface area contributed by atoms with Crippen molar-refractivity contribution in [1.82, 2.24) is 9.78 Å². The van der Waals surface area contributed by atoms with E-state index in [1.54, 1.807) is 18.0 Å². The largest absolute Gasteiger partial charge is 0.497 e. The minimum atomic E-state index is -0.327. The molecule has 0 spiro atoms. The molecule has 4 nitrogen and oxygen atoms in total. The molecule has 1 aromatic heterocycles. The van der Waals surface area contributed by atoms with E-state index in [0.29, 0.717) is 6.42 Å². The van der Waals surface area contributed by atoms with Crippen molar-refractivity contribution in [1.29, 1.82) is 0 Å². The van der Waals surface area contributed by atoms with E-state index in [1.807, 2.05) is 37.5 Å². The Balaban J connectivity index is 1.80. The van der Waals surface area contributed by atoms with E-state index in [-0.39, 0.29) is 6.10 Å². The molecule has 0 aliphatic heterocycles. The first-order valence-corrected chi connectivity index (χ1v) is 6.46. The minimum absolute atomic E-state index is 0.327. The Bertz CT molecular complexity index is 505. The van der Waals surface area contributed by atoms with Gasteiger partial charge >= 0.3 is 0 Å². The van der Waals surface area contributed by atoms with Gasteiger partial charge in [0.1, 0.15) is 5.75 Å². The zero-order chi connectivity index (χ0) is 13.7. The van der Waals surface area contributed by atoms with Crippen LogP contribution < -0.4 is 4.74 Å². The molecule has 2 aromatic rings. The summed E-state index contributed by atoms with van der Waals surface area (Å²) in [5.74, 6) is 0.861. The molecule has 2 rings (SSSR count). The van der Waals surface area contributed by atoms with Crippen molar-refractivity contribution in [3.63, 3.8) is 0 Å². The Morgan fingerprint density at radius 3 is 2.58 bits per heavy atom. The van der Waals surface area contributed by atoms with Crippen molar-refractivity contribution in [2.75, 3.05) is 7.11 Å². The predicted molar refractivity (Wildman–Crippen MR) is 74.2 cm³/mol. The maximum atomic E-state index is 10.0. The Kier molecular flexibility index (Phi) is 4.58. The quantitative estimate of drug-likeness (QED) is 0.863. The molecule has 1 unspecified atom stereocenters. The van der Waals surface area contributed by atoms with Crippen molar-refractivity contribution in [3.8, 4) is 5.75 Å². The predicted octanol–water partition coefficient (Wildman–Crippen LogP) is 1.96. The summed E-state index contributed by atoms with van der Waals surface area (Å²) in [6, 6.07) is 7.97. The number of aryl methyl sites for hydroxylation is 2. The Hall–Kier alpha value is -1.81. The molecular weight excluding hydrogens is 240 g/mol. The lowest BCUT2D eigenvalue weighted by Gasteiger charge is -2.09.